The van der Waals surface area contributed by atoms with E-state index in [1.807, 2.05) is 0 Å². The number of benzene rings is 1. The van der Waals surface area contributed by atoms with Crippen molar-refractivity contribution < 1.29 is 22.3 Å². The molecule has 0 spiro atoms. The Kier molecular flexibility index (Phi) is 4.11. The third-order valence-corrected chi connectivity index (χ3v) is 3.15. The Morgan fingerprint density at radius 3 is 2.53 bits per heavy atom. The van der Waals surface area contributed by atoms with Crippen LogP contribution >= 0.6 is 10.7 Å². The van der Waals surface area contributed by atoms with Gasteiger partial charge in [0.2, 0.25) is 9.05 Å². The van der Waals surface area contributed by atoms with Crippen LogP contribution in [-0.4, -0.2) is 21.5 Å². The van der Waals surface area contributed by atoms with Crippen LogP contribution in [0.3, 0.4) is 0 Å². The summed E-state index contributed by atoms with van der Waals surface area (Å²) in [4.78, 5) is 11.3. The number of halogens is 2. The fourth-order valence-electron chi connectivity index (χ4n) is 1.34. The number of hydrogen-bond donors (Lipinski definition) is 0. The van der Waals surface area contributed by atoms with E-state index in [4.69, 9.17) is 10.7 Å². The first-order valence-corrected chi connectivity index (χ1v) is 7.02. The van der Waals surface area contributed by atoms with Crippen molar-refractivity contribution in [2.45, 2.75) is 12.7 Å². The third kappa shape index (κ3) is 3.67. The SMILES string of the molecule is COC(=O)c1cc(CS(=O)(=O)Cl)cc(F)c1C. The Morgan fingerprint density at radius 1 is 1.47 bits per heavy atom. The van der Waals surface area contributed by atoms with Gasteiger partial charge in [0.1, 0.15) is 5.82 Å². The zero-order valence-electron chi connectivity index (χ0n) is 9.16. The maximum Gasteiger partial charge on any atom is 0.338 e. The second-order valence-electron chi connectivity index (χ2n) is 3.42. The van der Waals surface area contributed by atoms with Crippen molar-refractivity contribution in [2.75, 3.05) is 7.11 Å². The number of hydrogen-bond acceptors (Lipinski definition) is 4. The van der Waals surface area contributed by atoms with E-state index in [2.05, 4.69) is 4.74 Å². The molecule has 0 aliphatic heterocycles. The van der Waals surface area contributed by atoms with E-state index in [0.29, 0.717) is 0 Å². The summed E-state index contributed by atoms with van der Waals surface area (Å²) in [5.74, 6) is -1.95. The molecule has 1 aromatic rings. The highest BCUT2D eigenvalue weighted by Crippen LogP contribution is 2.19. The molecule has 0 aliphatic carbocycles. The van der Waals surface area contributed by atoms with Crippen LogP contribution in [0.1, 0.15) is 21.5 Å². The van der Waals surface area contributed by atoms with E-state index in [1.165, 1.54) is 13.0 Å². The summed E-state index contributed by atoms with van der Waals surface area (Å²) >= 11 is 0. The summed E-state index contributed by atoms with van der Waals surface area (Å²) in [6.07, 6.45) is 0. The molecular weight excluding hydrogens is 271 g/mol. The molecule has 94 valence electrons. The standard InChI is InChI=1S/C10H10ClFO4S/c1-6-8(10(13)16-2)3-7(4-9(6)12)5-17(11,14)15/h3-4H,5H2,1-2H3. The molecule has 7 heteroatoms. The summed E-state index contributed by atoms with van der Waals surface area (Å²) in [6, 6.07) is 2.28. The first-order valence-electron chi connectivity index (χ1n) is 4.54. The molecule has 4 nitrogen and oxygen atoms in total. The first-order chi connectivity index (χ1) is 7.74. The van der Waals surface area contributed by atoms with Gasteiger partial charge in [-0.2, -0.15) is 0 Å². The molecule has 0 bridgehead atoms. The monoisotopic (exact) mass is 280 g/mol. The molecule has 0 unspecified atom stereocenters. The Morgan fingerprint density at radius 2 is 2.06 bits per heavy atom. The molecule has 0 radical (unpaired) electrons. The minimum absolute atomic E-state index is 0.0113. The van der Waals surface area contributed by atoms with E-state index in [9.17, 15) is 17.6 Å². The molecule has 17 heavy (non-hydrogen) atoms. The van der Waals surface area contributed by atoms with Crippen molar-refractivity contribution in [1.82, 2.24) is 0 Å². The van der Waals surface area contributed by atoms with Crippen LogP contribution in [0.15, 0.2) is 12.1 Å². The van der Waals surface area contributed by atoms with Crippen LogP contribution in [-0.2, 0) is 19.5 Å². The molecule has 0 saturated heterocycles. The fourth-order valence-corrected chi connectivity index (χ4v) is 2.28. The zero-order valence-corrected chi connectivity index (χ0v) is 10.7. The van der Waals surface area contributed by atoms with Crippen LogP contribution in [0.4, 0.5) is 4.39 Å². The average Bonchev–Trinajstić information content (AvgIpc) is 2.19. The van der Waals surface area contributed by atoms with Crippen molar-refractivity contribution in [1.29, 1.82) is 0 Å². The smallest absolute Gasteiger partial charge is 0.338 e. The molecule has 0 heterocycles. The van der Waals surface area contributed by atoms with Crippen molar-refractivity contribution in [3.8, 4) is 0 Å². The van der Waals surface area contributed by atoms with Gasteiger partial charge in [-0.15, -0.1) is 0 Å². The lowest BCUT2D eigenvalue weighted by Crippen LogP contribution is -2.07. The lowest BCUT2D eigenvalue weighted by molar-refractivity contribution is 0.0599. The summed E-state index contributed by atoms with van der Waals surface area (Å²) < 4.78 is 39.7. The predicted molar refractivity (Wildman–Crippen MR) is 61.0 cm³/mol. The highest BCUT2D eigenvalue weighted by atomic mass is 35.7. The number of esters is 1. The van der Waals surface area contributed by atoms with Crippen molar-refractivity contribution in [2.24, 2.45) is 0 Å². The summed E-state index contributed by atoms with van der Waals surface area (Å²) in [6.45, 7) is 1.40. The lowest BCUT2D eigenvalue weighted by atomic mass is 10.1. The van der Waals surface area contributed by atoms with Gasteiger partial charge in [-0.3, -0.25) is 0 Å². The Hall–Kier alpha value is -1.14. The highest BCUT2D eigenvalue weighted by molar-refractivity contribution is 8.13. The summed E-state index contributed by atoms with van der Waals surface area (Å²) in [5, 5.41) is 0. The first kappa shape index (κ1) is 13.9. The highest BCUT2D eigenvalue weighted by Gasteiger charge is 2.16. The molecule has 1 aromatic carbocycles. The number of ether oxygens (including phenoxy) is 1. The summed E-state index contributed by atoms with van der Waals surface area (Å²) in [5.41, 5.74) is 0.193. The van der Waals surface area contributed by atoms with Crippen LogP contribution in [0.25, 0.3) is 0 Å². The minimum Gasteiger partial charge on any atom is -0.465 e. The quantitative estimate of drug-likeness (QED) is 0.627. The Labute approximate surface area is 103 Å². The normalized spacial score (nSPS) is 11.3. The lowest BCUT2D eigenvalue weighted by Gasteiger charge is -2.07. The molecule has 1 rings (SSSR count). The molecule has 0 aliphatic rings. The zero-order chi connectivity index (χ0) is 13.2. The van der Waals surface area contributed by atoms with Crippen LogP contribution < -0.4 is 0 Å². The number of carbonyl (C=O) groups excluding carboxylic acids is 1. The fraction of sp³-hybridized carbons (Fsp3) is 0.300. The van der Waals surface area contributed by atoms with Gasteiger partial charge in [0.25, 0.3) is 0 Å². The van der Waals surface area contributed by atoms with Gasteiger partial charge in [0.05, 0.1) is 18.4 Å². The molecule has 0 N–H and O–H groups in total. The molecule has 0 fully saturated rings. The maximum atomic E-state index is 13.5. The van der Waals surface area contributed by atoms with Gasteiger partial charge >= 0.3 is 5.97 Å². The summed E-state index contributed by atoms with van der Waals surface area (Å²) in [7, 11) is 2.41. The van der Waals surface area contributed by atoms with Gasteiger partial charge in [-0.1, -0.05) is 0 Å². The number of rotatable bonds is 3. The van der Waals surface area contributed by atoms with Crippen molar-refractivity contribution in [3.63, 3.8) is 0 Å². The van der Waals surface area contributed by atoms with Crippen molar-refractivity contribution >= 4 is 25.7 Å². The van der Waals surface area contributed by atoms with Crippen LogP contribution in [0.2, 0.25) is 0 Å². The second kappa shape index (κ2) is 5.01. The third-order valence-electron chi connectivity index (χ3n) is 2.15. The van der Waals surface area contributed by atoms with Crippen LogP contribution in [0, 0.1) is 12.7 Å². The molecule has 0 aromatic heterocycles. The van der Waals surface area contributed by atoms with Gasteiger partial charge in [-0.05, 0) is 30.2 Å². The van der Waals surface area contributed by atoms with Crippen molar-refractivity contribution in [3.05, 3.63) is 34.6 Å². The van der Waals surface area contributed by atoms with E-state index in [0.717, 1.165) is 13.2 Å². The largest absolute Gasteiger partial charge is 0.465 e. The Bertz CT molecular complexity index is 554. The number of methoxy groups -OCH3 is 1. The molecule has 0 saturated carbocycles. The second-order valence-corrected chi connectivity index (χ2v) is 6.20. The predicted octanol–water partition coefficient (Wildman–Crippen LogP) is 1.99. The van der Waals surface area contributed by atoms with E-state index in [1.54, 1.807) is 0 Å². The van der Waals surface area contributed by atoms with Gasteiger partial charge < -0.3 is 4.74 Å². The van der Waals surface area contributed by atoms with Gasteiger partial charge in [-0.25, -0.2) is 17.6 Å². The Balaban J connectivity index is 3.29. The molecule has 0 amide bonds. The van der Waals surface area contributed by atoms with Gasteiger partial charge in [0, 0.05) is 10.7 Å². The minimum atomic E-state index is -3.80. The van der Waals surface area contributed by atoms with Gasteiger partial charge in [0.15, 0.2) is 0 Å². The van der Waals surface area contributed by atoms with E-state index in [-0.39, 0.29) is 16.7 Å². The maximum absolute atomic E-state index is 13.5. The van der Waals surface area contributed by atoms with E-state index >= 15 is 0 Å². The van der Waals surface area contributed by atoms with Crippen LogP contribution in [0.5, 0.6) is 0 Å². The molecule has 0 atom stereocenters. The molecular formula is C10H10ClFO4S. The number of carbonyl (C=O) groups is 1. The topological polar surface area (TPSA) is 60.4 Å². The van der Waals surface area contributed by atoms with E-state index < -0.39 is 26.6 Å². The average molecular weight is 281 g/mol.